The molecule has 0 saturated heterocycles. The van der Waals surface area contributed by atoms with Gasteiger partial charge in [0.15, 0.2) is 6.10 Å². The average Bonchev–Trinajstić information content (AvgIpc) is 3.26. The van der Waals surface area contributed by atoms with Crippen LogP contribution in [-0.2, 0) is 28.8 Å². The summed E-state index contributed by atoms with van der Waals surface area (Å²) < 4.78 is 11.1. The third-order valence-corrected chi connectivity index (χ3v) is 5.84. The molecule has 1 unspecified atom stereocenters. The molecule has 0 bridgehead atoms. The molecule has 1 atom stereocenters. The van der Waals surface area contributed by atoms with Gasteiger partial charge in [-0.2, -0.15) is 0 Å². The number of carbonyl (C=O) groups excluding carboxylic acids is 1. The molecule has 34 heavy (non-hydrogen) atoms. The predicted molar refractivity (Wildman–Crippen MR) is 133 cm³/mol. The van der Waals surface area contributed by atoms with Crippen LogP contribution in [0.1, 0.15) is 43.9 Å². The molecule has 1 aliphatic rings. The van der Waals surface area contributed by atoms with Crippen LogP contribution in [0.25, 0.3) is 0 Å². The van der Waals surface area contributed by atoms with Gasteiger partial charge >= 0.3 is 12.0 Å². The molecule has 0 aromatic heterocycles. The molecule has 2 N–H and O–H groups in total. The fraction of sp³-hybridized carbons (Fsp3) is 0.481. The summed E-state index contributed by atoms with van der Waals surface area (Å²) in [6, 6.07) is 13.4. The van der Waals surface area contributed by atoms with Crippen LogP contribution in [0.5, 0.6) is 5.75 Å². The van der Waals surface area contributed by atoms with Crippen LogP contribution >= 0.6 is 0 Å². The number of fused-ring (bicyclic) bond motifs is 1. The Kier molecular flexibility index (Phi) is 9.33. The van der Waals surface area contributed by atoms with Gasteiger partial charge in [0, 0.05) is 25.3 Å². The van der Waals surface area contributed by atoms with Crippen molar-refractivity contribution in [3.05, 3.63) is 59.2 Å². The van der Waals surface area contributed by atoms with Crippen molar-refractivity contribution in [2.45, 2.75) is 52.6 Å². The van der Waals surface area contributed by atoms with Gasteiger partial charge in [0.05, 0.1) is 6.54 Å². The van der Waals surface area contributed by atoms with Crippen molar-refractivity contribution in [3.63, 3.8) is 0 Å². The Morgan fingerprint density at radius 3 is 2.50 bits per heavy atom. The van der Waals surface area contributed by atoms with Gasteiger partial charge in [0.2, 0.25) is 0 Å². The number of rotatable bonds is 12. The molecular weight excluding hydrogens is 432 g/mol. The van der Waals surface area contributed by atoms with Crippen molar-refractivity contribution in [1.82, 2.24) is 4.90 Å². The highest BCUT2D eigenvalue weighted by molar-refractivity contribution is 5.89. The number of urea groups is 1. The largest absolute Gasteiger partial charge is 0.492 e. The number of hydrogen-bond donors (Lipinski definition) is 2. The summed E-state index contributed by atoms with van der Waals surface area (Å²) in [6.45, 7) is 7.76. The summed E-state index contributed by atoms with van der Waals surface area (Å²) in [5.41, 5.74) is 4.41. The van der Waals surface area contributed by atoms with Crippen molar-refractivity contribution < 1.29 is 24.2 Å². The standard InChI is InChI=1S/C27H36N2O5/c1-4-33-25(26(30)31)16-20-8-12-24(13-9-20)34-15-14-29(18-19(2)3)27(32)28-23-11-10-21-6-5-7-22(21)17-23/h8-13,17,19,25H,4-7,14-16,18H2,1-3H3,(H,28,32)(H,30,31). The van der Waals surface area contributed by atoms with Crippen molar-refractivity contribution in [1.29, 1.82) is 0 Å². The van der Waals surface area contributed by atoms with Gasteiger partial charge in [0.25, 0.3) is 0 Å². The highest BCUT2D eigenvalue weighted by atomic mass is 16.5. The second kappa shape index (κ2) is 12.4. The summed E-state index contributed by atoms with van der Waals surface area (Å²) in [4.78, 5) is 26.0. The van der Waals surface area contributed by atoms with Gasteiger partial charge in [-0.25, -0.2) is 9.59 Å². The normalized spacial score (nSPS) is 13.4. The molecular formula is C27H36N2O5. The number of nitrogens with zero attached hydrogens (tertiary/aromatic N) is 1. The number of ether oxygens (including phenoxy) is 2. The maximum Gasteiger partial charge on any atom is 0.333 e. The Morgan fingerprint density at radius 2 is 1.82 bits per heavy atom. The first kappa shape index (κ1) is 25.6. The monoisotopic (exact) mass is 468 g/mol. The Bertz CT molecular complexity index is 958. The van der Waals surface area contributed by atoms with Crippen LogP contribution in [0, 0.1) is 5.92 Å². The van der Waals surface area contributed by atoms with Crippen LogP contribution in [0.15, 0.2) is 42.5 Å². The fourth-order valence-electron chi connectivity index (χ4n) is 4.20. The lowest BCUT2D eigenvalue weighted by Gasteiger charge is -2.25. The van der Waals surface area contributed by atoms with E-state index in [0.717, 1.165) is 24.1 Å². The van der Waals surface area contributed by atoms with E-state index in [1.165, 1.54) is 17.5 Å². The molecule has 7 heteroatoms. The smallest absolute Gasteiger partial charge is 0.333 e. The number of anilines is 1. The zero-order valence-electron chi connectivity index (χ0n) is 20.4. The van der Waals surface area contributed by atoms with Gasteiger partial charge in [0.1, 0.15) is 12.4 Å². The first-order chi connectivity index (χ1) is 16.4. The lowest BCUT2D eigenvalue weighted by atomic mass is 10.1. The van der Waals surface area contributed by atoms with Gasteiger partial charge in [-0.1, -0.05) is 32.0 Å². The van der Waals surface area contributed by atoms with Crippen molar-refractivity contribution in [3.8, 4) is 5.75 Å². The third kappa shape index (κ3) is 7.48. The molecule has 2 aromatic rings. The maximum atomic E-state index is 12.9. The number of nitrogens with one attached hydrogen (secondary N) is 1. The third-order valence-electron chi connectivity index (χ3n) is 5.84. The number of carboxylic acids is 1. The lowest BCUT2D eigenvalue weighted by Crippen LogP contribution is -2.40. The molecule has 2 aromatic carbocycles. The van der Waals surface area contributed by atoms with E-state index in [0.29, 0.717) is 44.4 Å². The molecule has 184 valence electrons. The van der Waals surface area contributed by atoms with Gasteiger partial charge in [-0.15, -0.1) is 0 Å². The maximum absolute atomic E-state index is 12.9. The molecule has 7 nitrogen and oxygen atoms in total. The number of aryl methyl sites for hydroxylation is 2. The Labute approximate surface area is 202 Å². The SMILES string of the molecule is CCOC(Cc1ccc(OCCN(CC(C)C)C(=O)Nc2ccc3c(c2)CCC3)cc1)C(=O)O. The Morgan fingerprint density at radius 1 is 1.09 bits per heavy atom. The molecule has 0 heterocycles. The van der Waals surface area contributed by atoms with Crippen molar-refractivity contribution in [2.75, 3.05) is 31.6 Å². The average molecular weight is 469 g/mol. The first-order valence-corrected chi connectivity index (χ1v) is 12.1. The van der Waals surface area contributed by atoms with Crippen molar-refractivity contribution in [2.24, 2.45) is 5.92 Å². The fourth-order valence-corrected chi connectivity index (χ4v) is 4.20. The number of carbonyl (C=O) groups is 2. The van der Waals surface area contributed by atoms with Gasteiger partial charge < -0.3 is 24.8 Å². The number of carboxylic acid groups (broad SMARTS) is 1. The number of hydrogen-bond acceptors (Lipinski definition) is 4. The van der Waals surface area contributed by atoms with Crippen LogP contribution in [0.2, 0.25) is 0 Å². The molecule has 3 rings (SSSR count). The second-order valence-corrected chi connectivity index (χ2v) is 9.09. The summed E-state index contributed by atoms with van der Waals surface area (Å²) in [5.74, 6) is 0.0405. The Balaban J connectivity index is 1.52. The van der Waals surface area contributed by atoms with Crippen LogP contribution in [0.4, 0.5) is 10.5 Å². The summed E-state index contributed by atoms with van der Waals surface area (Å²) in [6.07, 6.45) is 2.81. The van der Waals surface area contributed by atoms with Gasteiger partial charge in [-0.05, 0) is 73.1 Å². The molecule has 0 fully saturated rings. The van der Waals surface area contributed by atoms with E-state index in [-0.39, 0.29) is 6.03 Å². The highest BCUT2D eigenvalue weighted by Gasteiger charge is 2.19. The zero-order valence-corrected chi connectivity index (χ0v) is 20.4. The van der Waals surface area contributed by atoms with E-state index in [4.69, 9.17) is 9.47 Å². The number of aliphatic carboxylic acids is 1. The lowest BCUT2D eigenvalue weighted by molar-refractivity contribution is -0.149. The minimum Gasteiger partial charge on any atom is -0.492 e. The second-order valence-electron chi connectivity index (χ2n) is 9.09. The molecule has 1 aliphatic carbocycles. The van der Waals surface area contributed by atoms with E-state index in [9.17, 15) is 14.7 Å². The van der Waals surface area contributed by atoms with E-state index in [1.54, 1.807) is 11.8 Å². The molecule has 0 aliphatic heterocycles. The van der Waals surface area contributed by atoms with E-state index in [1.807, 2.05) is 30.3 Å². The van der Waals surface area contributed by atoms with E-state index >= 15 is 0 Å². The molecule has 0 spiro atoms. The topological polar surface area (TPSA) is 88.1 Å². The summed E-state index contributed by atoms with van der Waals surface area (Å²) >= 11 is 0. The molecule has 2 amide bonds. The first-order valence-electron chi connectivity index (χ1n) is 12.1. The summed E-state index contributed by atoms with van der Waals surface area (Å²) in [5, 5.41) is 12.3. The minimum atomic E-state index is -0.967. The van der Waals surface area contributed by atoms with Crippen LogP contribution < -0.4 is 10.1 Å². The highest BCUT2D eigenvalue weighted by Crippen LogP contribution is 2.25. The molecule has 0 radical (unpaired) electrons. The summed E-state index contributed by atoms with van der Waals surface area (Å²) in [7, 11) is 0. The molecule has 0 saturated carbocycles. The number of amides is 2. The van der Waals surface area contributed by atoms with Crippen LogP contribution in [-0.4, -0.2) is 54.4 Å². The minimum absolute atomic E-state index is 0.124. The number of benzene rings is 2. The van der Waals surface area contributed by atoms with Gasteiger partial charge in [-0.3, -0.25) is 0 Å². The zero-order chi connectivity index (χ0) is 24.5. The predicted octanol–water partition coefficient (Wildman–Crippen LogP) is 4.78. The van der Waals surface area contributed by atoms with E-state index < -0.39 is 12.1 Å². The van der Waals surface area contributed by atoms with Crippen molar-refractivity contribution >= 4 is 17.7 Å². The van der Waals surface area contributed by atoms with E-state index in [2.05, 4.69) is 31.3 Å². The Hall–Kier alpha value is -3.06. The van der Waals surface area contributed by atoms with Crippen LogP contribution in [0.3, 0.4) is 0 Å². The quantitative estimate of drug-likeness (QED) is 0.468.